The number of aromatic amines is 1. The molecule has 20 heavy (non-hydrogen) atoms. The fourth-order valence-corrected chi connectivity index (χ4v) is 4.75. The molecule has 1 aliphatic heterocycles. The number of nitrogens with one attached hydrogen (secondary N) is 3. The Balaban J connectivity index is 2.03. The Morgan fingerprint density at radius 3 is 3.10 bits per heavy atom. The summed E-state index contributed by atoms with van der Waals surface area (Å²) in [6.07, 6.45) is 4.56. The van der Waals surface area contributed by atoms with Gasteiger partial charge in [-0.2, -0.15) is 16.9 Å². The van der Waals surface area contributed by atoms with Crippen LogP contribution in [0.4, 0.5) is 0 Å². The Labute approximate surface area is 124 Å². The molecule has 0 amide bonds. The number of nitrogens with zero attached hydrogens (tertiary/aromatic N) is 1. The highest BCUT2D eigenvalue weighted by Crippen LogP contribution is 2.19. The number of aromatic nitrogens is 2. The normalized spacial score (nSPS) is 20.1. The molecular weight excluding hydrogens is 296 g/mol. The van der Waals surface area contributed by atoms with Crippen molar-refractivity contribution < 1.29 is 8.42 Å². The van der Waals surface area contributed by atoms with Gasteiger partial charge in [-0.1, -0.05) is 6.92 Å². The number of H-pyrrole nitrogens is 1. The van der Waals surface area contributed by atoms with Crippen LogP contribution in [0.5, 0.6) is 0 Å². The quantitative estimate of drug-likeness (QED) is 0.655. The molecule has 2 heterocycles. The second kappa shape index (κ2) is 7.44. The molecular formula is C12H22N4O2S2. The van der Waals surface area contributed by atoms with Gasteiger partial charge in [0.05, 0.1) is 6.20 Å². The summed E-state index contributed by atoms with van der Waals surface area (Å²) in [5.41, 5.74) is 0.689. The maximum atomic E-state index is 12.4. The van der Waals surface area contributed by atoms with Crippen LogP contribution in [0.3, 0.4) is 0 Å². The second-order valence-corrected chi connectivity index (χ2v) is 7.74. The van der Waals surface area contributed by atoms with Crippen LogP contribution < -0.4 is 10.0 Å². The lowest BCUT2D eigenvalue weighted by atomic mass is 10.2. The standard InChI is InChI=1S/C12H22N4O2S2/c1-2-5-13-7-10-8-14-15-12(10)20(17,18)16-11-4-3-6-19-9-11/h8,11,13,16H,2-7,9H2,1H3,(H,14,15). The Bertz CT molecular complexity index is 509. The predicted octanol–water partition coefficient (Wildman–Crippen LogP) is 1.08. The first-order valence-corrected chi connectivity index (χ1v) is 9.60. The minimum Gasteiger partial charge on any atom is -0.313 e. The van der Waals surface area contributed by atoms with Crippen molar-refractivity contribution in [3.63, 3.8) is 0 Å². The largest absolute Gasteiger partial charge is 0.313 e. The van der Waals surface area contributed by atoms with E-state index in [2.05, 4.69) is 27.2 Å². The first-order chi connectivity index (χ1) is 9.63. The van der Waals surface area contributed by atoms with Gasteiger partial charge in [0.15, 0.2) is 5.03 Å². The van der Waals surface area contributed by atoms with Crippen LogP contribution in [0, 0.1) is 0 Å². The molecule has 8 heteroatoms. The number of hydrogen-bond acceptors (Lipinski definition) is 5. The first kappa shape index (κ1) is 15.8. The Kier molecular flexibility index (Phi) is 5.88. The van der Waals surface area contributed by atoms with Crippen molar-refractivity contribution in [1.82, 2.24) is 20.2 Å². The molecule has 0 aliphatic carbocycles. The first-order valence-electron chi connectivity index (χ1n) is 6.96. The monoisotopic (exact) mass is 318 g/mol. The summed E-state index contributed by atoms with van der Waals surface area (Å²) >= 11 is 1.80. The number of thioether (sulfide) groups is 1. The molecule has 1 aromatic heterocycles. The molecule has 1 aromatic rings. The smallest absolute Gasteiger partial charge is 0.258 e. The van der Waals surface area contributed by atoms with Gasteiger partial charge in [0.1, 0.15) is 0 Å². The number of sulfonamides is 1. The van der Waals surface area contributed by atoms with Gasteiger partial charge >= 0.3 is 0 Å². The summed E-state index contributed by atoms with van der Waals surface area (Å²) in [5.74, 6) is 1.96. The maximum Gasteiger partial charge on any atom is 0.258 e. The van der Waals surface area contributed by atoms with Crippen LogP contribution in [0.15, 0.2) is 11.2 Å². The van der Waals surface area contributed by atoms with Crippen LogP contribution in [0.2, 0.25) is 0 Å². The van der Waals surface area contributed by atoms with Gasteiger partial charge in [0.2, 0.25) is 0 Å². The number of rotatable bonds is 7. The van der Waals surface area contributed by atoms with Crippen molar-refractivity contribution in [2.75, 3.05) is 18.1 Å². The average Bonchev–Trinajstić information content (AvgIpc) is 2.89. The highest BCUT2D eigenvalue weighted by molar-refractivity contribution is 7.99. The Morgan fingerprint density at radius 2 is 2.40 bits per heavy atom. The molecule has 6 nitrogen and oxygen atoms in total. The van der Waals surface area contributed by atoms with Gasteiger partial charge in [-0.15, -0.1) is 0 Å². The van der Waals surface area contributed by atoms with E-state index in [-0.39, 0.29) is 11.1 Å². The van der Waals surface area contributed by atoms with E-state index in [4.69, 9.17) is 0 Å². The topological polar surface area (TPSA) is 86.9 Å². The van der Waals surface area contributed by atoms with Crippen LogP contribution in [0.1, 0.15) is 31.7 Å². The summed E-state index contributed by atoms with van der Waals surface area (Å²) < 4.78 is 27.6. The van der Waals surface area contributed by atoms with Gasteiger partial charge in [-0.25, -0.2) is 13.1 Å². The van der Waals surface area contributed by atoms with E-state index in [0.717, 1.165) is 37.3 Å². The molecule has 0 saturated carbocycles. The molecule has 0 spiro atoms. The summed E-state index contributed by atoms with van der Waals surface area (Å²) in [6.45, 7) is 3.44. The van der Waals surface area contributed by atoms with Crippen molar-refractivity contribution >= 4 is 21.8 Å². The molecule has 0 bridgehead atoms. The summed E-state index contributed by atoms with van der Waals surface area (Å²) in [7, 11) is -3.51. The van der Waals surface area contributed by atoms with Crippen molar-refractivity contribution in [1.29, 1.82) is 0 Å². The van der Waals surface area contributed by atoms with E-state index in [9.17, 15) is 8.42 Å². The molecule has 1 aliphatic rings. The molecule has 0 aromatic carbocycles. The minimum absolute atomic E-state index is 0.0264. The van der Waals surface area contributed by atoms with Crippen LogP contribution in [-0.4, -0.2) is 42.7 Å². The zero-order valence-corrected chi connectivity index (χ0v) is 13.3. The molecule has 1 fully saturated rings. The zero-order chi connectivity index (χ0) is 14.4. The lowest BCUT2D eigenvalue weighted by molar-refractivity contribution is 0.538. The Morgan fingerprint density at radius 1 is 1.55 bits per heavy atom. The van der Waals surface area contributed by atoms with Crippen molar-refractivity contribution in [2.45, 2.75) is 43.8 Å². The molecule has 1 atom stereocenters. The highest BCUT2D eigenvalue weighted by atomic mass is 32.2. The number of hydrogen-bond donors (Lipinski definition) is 3. The molecule has 1 saturated heterocycles. The zero-order valence-electron chi connectivity index (χ0n) is 11.7. The third kappa shape index (κ3) is 4.21. The minimum atomic E-state index is -3.51. The van der Waals surface area contributed by atoms with Crippen LogP contribution in [0.25, 0.3) is 0 Å². The lowest BCUT2D eigenvalue weighted by Crippen LogP contribution is -2.38. The van der Waals surface area contributed by atoms with Gasteiger partial charge in [0, 0.05) is 23.9 Å². The third-order valence-electron chi connectivity index (χ3n) is 3.17. The SMILES string of the molecule is CCCNCc1cn[nH]c1S(=O)(=O)NC1CCCSC1. The average molecular weight is 318 g/mol. The van der Waals surface area contributed by atoms with Crippen LogP contribution >= 0.6 is 11.8 Å². The summed E-state index contributed by atoms with van der Waals surface area (Å²) in [5, 5.41) is 9.87. The second-order valence-electron chi connectivity index (χ2n) is 4.94. The van der Waals surface area contributed by atoms with Gasteiger partial charge in [0.25, 0.3) is 10.0 Å². The van der Waals surface area contributed by atoms with Crippen molar-refractivity contribution in [2.24, 2.45) is 0 Å². The summed E-state index contributed by atoms with van der Waals surface area (Å²) in [4.78, 5) is 0. The van der Waals surface area contributed by atoms with Crippen LogP contribution in [-0.2, 0) is 16.6 Å². The fraction of sp³-hybridized carbons (Fsp3) is 0.750. The maximum absolute atomic E-state index is 12.4. The van der Waals surface area contributed by atoms with E-state index in [1.807, 2.05) is 0 Å². The molecule has 1 unspecified atom stereocenters. The van der Waals surface area contributed by atoms with E-state index < -0.39 is 10.0 Å². The Hall–Kier alpha value is -0.570. The molecule has 114 valence electrons. The molecule has 0 radical (unpaired) electrons. The van der Waals surface area contributed by atoms with E-state index in [0.29, 0.717) is 12.1 Å². The van der Waals surface area contributed by atoms with E-state index in [1.165, 1.54) is 0 Å². The van der Waals surface area contributed by atoms with Crippen molar-refractivity contribution in [3.8, 4) is 0 Å². The molecule has 2 rings (SSSR count). The molecule has 3 N–H and O–H groups in total. The fourth-order valence-electron chi connectivity index (χ4n) is 2.17. The van der Waals surface area contributed by atoms with Gasteiger partial charge in [-0.3, -0.25) is 5.10 Å². The summed E-state index contributed by atoms with van der Waals surface area (Å²) in [6, 6.07) is 0.0264. The van der Waals surface area contributed by atoms with E-state index in [1.54, 1.807) is 18.0 Å². The third-order valence-corrected chi connectivity index (χ3v) is 5.92. The van der Waals surface area contributed by atoms with Gasteiger partial charge < -0.3 is 5.32 Å². The lowest BCUT2D eigenvalue weighted by Gasteiger charge is -2.22. The predicted molar refractivity (Wildman–Crippen MR) is 81.3 cm³/mol. The van der Waals surface area contributed by atoms with E-state index >= 15 is 0 Å². The van der Waals surface area contributed by atoms with Gasteiger partial charge in [-0.05, 0) is 31.6 Å². The van der Waals surface area contributed by atoms with Crippen molar-refractivity contribution in [3.05, 3.63) is 11.8 Å². The highest BCUT2D eigenvalue weighted by Gasteiger charge is 2.25.